The number of hydrogen-bond acceptors (Lipinski definition) is 5. The molecular formula is C19H24N4O2. The number of aromatic nitrogens is 2. The lowest BCUT2D eigenvalue weighted by atomic mass is 9.91. The van der Waals surface area contributed by atoms with Gasteiger partial charge < -0.3 is 15.3 Å². The number of anilines is 2. The number of carboxylic acids is 1. The fourth-order valence-corrected chi connectivity index (χ4v) is 3.35. The predicted molar refractivity (Wildman–Crippen MR) is 96.9 cm³/mol. The van der Waals surface area contributed by atoms with Gasteiger partial charge in [0, 0.05) is 25.5 Å². The molecule has 3 rings (SSSR count). The first-order valence-electron chi connectivity index (χ1n) is 8.76. The fraction of sp³-hybridized carbons (Fsp3) is 0.421. The van der Waals surface area contributed by atoms with E-state index in [1.807, 2.05) is 24.4 Å². The third-order valence-corrected chi connectivity index (χ3v) is 4.51. The van der Waals surface area contributed by atoms with E-state index >= 15 is 0 Å². The molecule has 2 aromatic rings. The normalized spacial score (nSPS) is 18.0. The van der Waals surface area contributed by atoms with Crippen molar-refractivity contribution >= 4 is 17.6 Å². The first kappa shape index (κ1) is 17.4. The molecule has 1 unspecified atom stereocenters. The largest absolute Gasteiger partial charge is 0.481 e. The molecule has 6 heteroatoms. The topological polar surface area (TPSA) is 78.3 Å². The summed E-state index contributed by atoms with van der Waals surface area (Å²) in [6.07, 6.45) is 7.11. The van der Waals surface area contributed by atoms with Crippen LogP contribution in [-0.2, 0) is 11.2 Å². The lowest BCUT2D eigenvalue weighted by molar-refractivity contribution is -0.137. The van der Waals surface area contributed by atoms with Gasteiger partial charge in [-0.15, -0.1) is 0 Å². The number of nitrogens with zero attached hydrogens (tertiary/aromatic N) is 3. The van der Waals surface area contributed by atoms with Gasteiger partial charge in [-0.3, -0.25) is 4.79 Å². The maximum absolute atomic E-state index is 10.8. The van der Waals surface area contributed by atoms with Crippen molar-refractivity contribution in [2.75, 3.05) is 25.0 Å². The lowest BCUT2D eigenvalue weighted by Crippen LogP contribution is -2.37. The molecule has 0 amide bonds. The summed E-state index contributed by atoms with van der Waals surface area (Å²) >= 11 is 0. The van der Waals surface area contributed by atoms with Crippen molar-refractivity contribution in [3.05, 3.63) is 48.3 Å². The Balaban J connectivity index is 1.57. The average Bonchev–Trinajstić information content (AvgIpc) is 2.61. The minimum absolute atomic E-state index is 0.222. The molecule has 6 nitrogen and oxygen atoms in total. The second-order valence-corrected chi connectivity index (χ2v) is 6.55. The zero-order valence-corrected chi connectivity index (χ0v) is 14.3. The Labute approximate surface area is 147 Å². The molecule has 132 valence electrons. The Hall–Kier alpha value is -2.47. The van der Waals surface area contributed by atoms with Gasteiger partial charge in [-0.25, -0.2) is 9.97 Å². The third kappa shape index (κ3) is 5.53. The van der Waals surface area contributed by atoms with E-state index in [9.17, 15) is 4.79 Å². The van der Waals surface area contributed by atoms with Gasteiger partial charge >= 0.3 is 5.97 Å². The molecule has 1 aliphatic rings. The van der Waals surface area contributed by atoms with Gasteiger partial charge in [-0.05, 0) is 61.6 Å². The molecule has 2 N–H and O–H groups in total. The van der Waals surface area contributed by atoms with Crippen LogP contribution in [0.5, 0.6) is 0 Å². The lowest BCUT2D eigenvalue weighted by Gasteiger charge is -2.32. The number of piperidine rings is 1. The number of aliphatic carboxylic acids is 1. The van der Waals surface area contributed by atoms with E-state index < -0.39 is 5.97 Å². The number of carboxylic acid groups (broad SMARTS) is 1. The molecular weight excluding hydrogens is 316 g/mol. The maximum Gasteiger partial charge on any atom is 0.304 e. The summed E-state index contributed by atoms with van der Waals surface area (Å²) in [5.41, 5.74) is 1.25. The van der Waals surface area contributed by atoms with Crippen LogP contribution in [0.2, 0.25) is 0 Å². The van der Waals surface area contributed by atoms with Crippen LogP contribution in [0, 0.1) is 5.92 Å². The van der Waals surface area contributed by atoms with Gasteiger partial charge in [-0.2, -0.15) is 0 Å². The Kier molecular flexibility index (Phi) is 5.95. The number of nitrogens with one attached hydrogen (secondary N) is 1. The molecule has 25 heavy (non-hydrogen) atoms. The zero-order valence-electron chi connectivity index (χ0n) is 14.3. The Bertz CT molecular complexity index is 693. The molecule has 0 aliphatic carbocycles. The van der Waals surface area contributed by atoms with Crippen LogP contribution in [0.15, 0.2) is 42.7 Å². The summed E-state index contributed by atoms with van der Waals surface area (Å²) in [6.45, 7) is 2.62. The average molecular weight is 340 g/mol. The van der Waals surface area contributed by atoms with Crippen LogP contribution < -0.4 is 5.32 Å². The van der Waals surface area contributed by atoms with Crippen LogP contribution >= 0.6 is 0 Å². The molecule has 1 atom stereocenters. The Morgan fingerprint density at radius 2 is 2.12 bits per heavy atom. The minimum atomic E-state index is -0.721. The second kappa shape index (κ2) is 8.58. The molecule has 2 aromatic heterocycles. The number of carbonyl (C=O) groups is 1. The van der Waals surface area contributed by atoms with Gasteiger partial charge in [0.15, 0.2) is 0 Å². The van der Waals surface area contributed by atoms with E-state index in [0.717, 1.165) is 37.6 Å². The van der Waals surface area contributed by atoms with Crippen molar-refractivity contribution < 1.29 is 9.90 Å². The summed E-state index contributed by atoms with van der Waals surface area (Å²) in [7, 11) is 0. The van der Waals surface area contributed by atoms with Gasteiger partial charge in [0.25, 0.3) is 0 Å². The highest BCUT2D eigenvalue weighted by molar-refractivity contribution is 5.66. The van der Waals surface area contributed by atoms with E-state index in [2.05, 4.69) is 32.3 Å². The highest BCUT2D eigenvalue weighted by atomic mass is 16.4. The maximum atomic E-state index is 10.8. The van der Waals surface area contributed by atoms with E-state index in [0.29, 0.717) is 12.5 Å². The van der Waals surface area contributed by atoms with Crippen molar-refractivity contribution in [2.24, 2.45) is 5.92 Å². The zero-order chi connectivity index (χ0) is 17.5. The third-order valence-electron chi connectivity index (χ3n) is 4.51. The Morgan fingerprint density at radius 3 is 2.92 bits per heavy atom. The van der Waals surface area contributed by atoms with Crippen molar-refractivity contribution in [1.29, 1.82) is 0 Å². The van der Waals surface area contributed by atoms with Crippen LogP contribution in [0.3, 0.4) is 0 Å². The molecule has 1 saturated heterocycles. The smallest absolute Gasteiger partial charge is 0.304 e. The van der Waals surface area contributed by atoms with Crippen LogP contribution in [-0.4, -0.2) is 45.6 Å². The molecule has 3 heterocycles. The predicted octanol–water partition coefficient (Wildman–Crippen LogP) is 2.95. The molecule has 0 aromatic carbocycles. The van der Waals surface area contributed by atoms with Crippen LogP contribution in [0.25, 0.3) is 0 Å². The SMILES string of the molecule is O=C(O)CCN1CCCC(Cc2ccnc(Nc3ccccn3)c2)C1. The fourth-order valence-electron chi connectivity index (χ4n) is 3.35. The molecule has 1 aliphatic heterocycles. The van der Waals surface area contributed by atoms with Gasteiger partial charge in [-0.1, -0.05) is 6.07 Å². The molecule has 0 radical (unpaired) electrons. The molecule has 0 bridgehead atoms. The van der Waals surface area contributed by atoms with Crippen molar-refractivity contribution in [3.63, 3.8) is 0 Å². The van der Waals surface area contributed by atoms with Gasteiger partial charge in [0.2, 0.25) is 0 Å². The molecule has 0 saturated carbocycles. The van der Waals surface area contributed by atoms with Gasteiger partial charge in [0.1, 0.15) is 11.6 Å². The standard InChI is InChI=1S/C19H24N4O2/c24-19(25)7-11-23-10-3-4-16(14-23)12-15-6-9-21-18(13-15)22-17-5-1-2-8-20-17/h1-2,5-6,8-9,13,16H,3-4,7,10-12,14H2,(H,24,25)(H,20,21,22). The van der Waals surface area contributed by atoms with E-state index in [1.165, 1.54) is 12.0 Å². The summed E-state index contributed by atoms with van der Waals surface area (Å²) in [6, 6.07) is 9.86. The first-order chi connectivity index (χ1) is 12.2. The summed E-state index contributed by atoms with van der Waals surface area (Å²) in [5.74, 6) is 1.42. The van der Waals surface area contributed by atoms with Crippen LogP contribution in [0.4, 0.5) is 11.6 Å². The second-order valence-electron chi connectivity index (χ2n) is 6.55. The van der Waals surface area contributed by atoms with E-state index in [1.54, 1.807) is 6.20 Å². The Morgan fingerprint density at radius 1 is 1.24 bits per heavy atom. The number of rotatable bonds is 7. The molecule has 1 fully saturated rings. The van der Waals surface area contributed by atoms with Gasteiger partial charge in [0.05, 0.1) is 6.42 Å². The number of likely N-dealkylation sites (tertiary alicyclic amines) is 1. The minimum Gasteiger partial charge on any atom is -0.481 e. The van der Waals surface area contributed by atoms with E-state index in [-0.39, 0.29) is 6.42 Å². The molecule has 0 spiro atoms. The number of pyridine rings is 2. The summed E-state index contributed by atoms with van der Waals surface area (Å²) in [5, 5.41) is 12.1. The van der Waals surface area contributed by atoms with Crippen molar-refractivity contribution in [2.45, 2.75) is 25.7 Å². The number of hydrogen-bond donors (Lipinski definition) is 2. The summed E-state index contributed by atoms with van der Waals surface area (Å²) in [4.78, 5) is 21.7. The quantitative estimate of drug-likeness (QED) is 0.807. The highest BCUT2D eigenvalue weighted by Gasteiger charge is 2.20. The van der Waals surface area contributed by atoms with Crippen LogP contribution in [0.1, 0.15) is 24.8 Å². The first-order valence-corrected chi connectivity index (χ1v) is 8.76. The monoisotopic (exact) mass is 340 g/mol. The summed E-state index contributed by atoms with van der Waals surface area (Å²) < 4.78 is 0. The highest BCUT2D eigenvalue weighted by Crippen LogP contribution is 2.22. The van der Waals surface area contributed by atoms with Crippen molar-refractivity contribution in [1.82, 2.24) is 14.9 Å². The van der Waals surface area contributed by atoms with E-state index in [4.69, 9.17) is 5.11 Å². The van der Waals surface area contributed by atoms with Crippen molar-refractivity contribution in [3.8, 4) is 0 Å².